The van der Waals surface area contributed by atoms with Crippen molar-refractivity contribution in [2.45, 2.75) is 26.5 Å². The summed E-state index contributed by atoms with van der Waals surface area (Å²) >= 11 is 1.87. The first-order valence-corrected chi connectivity index (χ1v) is 12.8. The summed E-state index contributed by atoms with van der Waals surface area (Å²) in [7, 11) is 3.84. The lowest BCUT2D eigenvalue weighted by atomic mass is 9.99. The normalized spacial score (nSPS) is 13.3. The van der Waals surface area contributed by atoms with E-state index in [1.165, 1.54) is 15.3 Å². The van der Waals surface area contributed by atoms with Crippen LogP contribution in [0.15, 0.2) is 47.9 Å². The van der Waals surface area contributed by atoms with E-state index in [-0.39, 0.29) is 0 Å². The van der Waals surface area contributed by atoms with Crippen LogP contribution in [0, 0.1) is 0 Å². The lowest BCUT2D eigenvalue weighted by Gasteiger charge is -2.10. The number of hydrogen-bond donors (Lipinski definition) is 1. The van der Waals surface area contributed by atoms with E-state index in [0.717, 1.165) is 51.5 Å². The molecule has 0 radical (unpaired) electrons. The first-order valence-electron chi connectivity index (χ1n) is 12.0. The fourth-order valence-corrected chi connectivity index (χ4v) is 5.72. The molecule has 1 aliphatic carbocycles. The molecule has 1 aromatic carbocycles. The van der Waals surface area contributed by atoms with Crippen molar-refractivity contribution in [3.63, 3.8) is 0 Å². The Morgan fingerprint density at radius 2 is 2.14 bits per heavy atom. The van der Waals surface area contributed by atoms with Gasteiger partial charge < -0.3 is 14.6 Å². The number of benzene rings is 1. The molecule has 0 spiro atoms. The summed E-state index contributed by atoms with van der Waals surface area (Å²) in [5.41, 5.74) is 7.36. The number of H-pyrrole nitrogens is 1. The van der Waals surface area contributed by atoms with Crippen molar-refractivity contribution >= 4 is 51.6 Å². The highest BCUT2D eigenvalue weighted by atomic mass is 32.1. The average Bonchev–Trinajstić information content (AvgIpc) is 3.61. The van der Waals surface area contributed by atoms with E-state index in [9.17, 15) is 0 Å². The van der Waals surface area contributed by atoms with Crippen LogP contribution in [0.3, 0.4) is 0 Å². The standard InChI is InChI=1S/C27H27N7OS/c1-4-35-16-34-26-19(12-31-34)9-18(10-20(26)24-11-17-7-5-6-8-23(17)36-24)21-13-28-22-14-29-27(32-25(21)22)30-15-33(2)3/h5,7,9-15,28H,4,6,8,16H2,1-3H3/b30-15+. The minimum atomic E-state index is 0.422. The van der Waals surface area contributed by atoms with Crippen LogP contribution in [-0.4, -0.2) is 56.7 Å². The van der Waals surface area contributed by atoms with Crippen LogP contribution in [0.1, 0.15) is 23.8 Å². The molecule has 0 amide bonds. The quantitative estimate of drug-likeness (QED) is 0.224. The Bertz CT molecular complexity index is 1620. The van der Waals surface area contributed by atoms with Gasteiger partial charge in [0, 0.05) is 53.2 Å². The van der Waals surface area contributed by atoms with E-state index >= 15 is 0 Å². The summed E-state index contributed by atoms with van der Waals surface area (Å²) in [5.74, 6) is 0.431. The van der Waals surface area contributed by atoms with Gasteiger partial charge in [0.05, 0.1) is 29.8 Å². The number of allylic oxidation sites excluding steroid dienone is 1. The van der Waals surface area contributed by atoms with Crippen LogP contribution in [-0.2, 0) is 17.9 Å². The number of aryl methyl sites for hydroxylation is 1. The van der Waals surface area contributed by atoms with E-state index in [2.05, 4.69) is 50.4 Å². The monoisotopic (exact) mass is 497 g/mol. The summed E-state index contributed by atoms with van der Waals surface area (Å²) in [6.45, 7) is 3.06. The zero-order valence-corrected chi connectivity index (χ0v) is 21.3. The Morgan fingerprint density at radius 3 is 2.97 bits per heavy atom. The van der Waals surface area contributed by atoms with E-state index in [1.54, 1.807) is 12.5 Å². The van der Waals surface area contributed by atoms with Gasteiger partial charge in [-0.1, -0.05) is 12.2 Å². The predicted molar refractivity (Wildman–Crippen MR) is 147 cm³/mol. The van der Waals surface area contributed by atoms with Crippen molar-refractivity contribution < 1.29 is 4.74 Å². The van der Waals surface area contributed by atoms with Crippen molar-refractivity contribution in [1.82, 2.24) is 29.6 Å². The van der Waals surface area contributed by atoms with Gasteiger partial charge in [0.1, 0.15) is 12.2 Å². The van der Waals surface area contributed by atoms with Crippen LogP contribution < -0.4 is 0 Å². The maximum absolute atomic E-state index is 5.73. The first-order chi connectivity index (χ1) is 17.6. The van der Waals surface area contributed by atoms with Crippen molar-refractivity contribution in [1.29, 1.82) is 0 Å². The molecule has 0 saturated carbocycles. The molecule has 1 aliphatic rings. The van der Waals surface area contributed by atoms with Gasteiger partial charge >= 0.3 is 0 Å². The topological polar surface area (TPSA) is 84.2 Å². The number of hydrogen-bond acceptors (Lipinski definition) is 6. The number of ether oxygens (including phenoxy) is 1. The SMILES string of the molecule is CCOCn1ncc2cc(-c3c[nH]c4cnc(/N=C/N(C)C)nc34)cc(-c3cc4c(s3)CCC=C4)c21. The van der Waals surface area contributed by atoms with Crippen molar-refractivity contribution in [3.05, 3.63) is 53.3 Å². The lowest BCUT2D eigenvalue weighted by Crippen LogP contribution is -2.07. The van der Waals surface area contributed by atoms with Crippen LogP contribution in [0.5, 0.6) is 0 Å². The van der Waals surface area contributed by atoms with Gasteiger partial charge in [-0.05, 0) is 49.1 Å². The zero-order valence-electron chi connectivity index (χ0n) is 20.5. The Hall–Kier alpha value is -3.82. The number of aromatic nitrogens is 5. The van der Waals surface area contributed by atoms with Crippen molar-refractivity contribution in [3.8, 4) is 21.6 Å². The highest BCUT2D eigenvalue weighted by molar-refractivity contribution is 7.15. The molecule has 0 unspecified atom stereocenters. The first kappa shape index (κ1) is 22.6. The highest BCUT2D eigenvalue weighted by Gasteiger charge is 2.19. The molecule has 0 bridgehead atoms. The van der Waals surface area contributed by atoms with Crippen LogP contribution >= 0.6 is 11.3 Å². The molecule has 182 valence electrons. The Morgan fingerprint density at radius 1 is 1.22 bits per heavy atom. The lowest BCUT2D eigenvalue weighted by molar-refractivity contribution is 0.0823. The van der Waals surface area contributed by atoms with Gasteiger partial charge in [-0.15, -0.1) is 11.3 Å². The largest absolute Gasteiger partial charge is 0.369 e. The number of fused-ring (bicyclic) bond motifs is 3. The van der Waals surface area contributed by atoms with Crippen LogP contribution in [0.4, 0.5) is 5.95 Å². The van der Waals surface area contributed by atoms with Gasteiger partial charge in [-0.2, -0.15) is 5.10 Å². The van der Waals surface area contributed by atoms with Gasteiger partial charge in [0.2, 0.25) is 0 Å². The zero-order chi connectivity index (χ0) is 24.6. The number of nitrogens with zero attached hydrogens (tertiary/aromatic N) is 6. The molecule has 4 heterocycles. The number of rotatable bonds is 7. The number of aliphatic imine (C=N–C) groups is 1. The third kappa shape index (κ3) is 4.10. The molecule has 1 N–H and O–H groups in total. The molecule has 0 fully saturated rings. The summed E-state index contributed by atoms with van der Waals surface area (Å²) in [6.07, 6.45) is 14.1. The predicted octanol–water partition coefficient (Wildman–Crippen LogP) is 5.88. The molecule has 9 heteroatoms. The third-order valence-corrected chi connectivity index (χ3v) is 7.46. The summed E-state index contributed by atoms with van der Waals surface area (Å²) in [5, 5.41) is 5.73. The van der Waals surface area contributed by atoms with Gasteiger partial charge in [0.25, 0.3) is 5.95 Å². The van der Waals surface area contributed by atoms with E-state index in [1.807, 2.05) is 54.3 Å². The second-order valence-electron chi connectivity index (χ2n) is 9.00. The van der Waals surface area contributed by atoms with Crippen LogP contribution in [0.2, 0.25) is 0 Å². The van der Waals surface area contributed by atoms with Crippen molar-refractivity contribution in [2.24, 2.45) is 4.99 Å². The highest BCUT2D eigenvalue weighted by Crippen LogP contribution is 2.41. The van der Waals surface area contributed by atoms with Crippen LogP contribution in [0.25, 0.3) is 49.6 Å². The smallest absolute Gasteiger partial charge is 0.251 e. The maximum atomic E-state index is 5.73. The van der Waals surface area contributed by atoms with Gasteiger partial charge in [-0.25, -0.2) is 19.6 Å². The molecule has 0 aliphatic heterocycles. The Balaban J connectivity index is 1.53. The minimum Gasteiger partial charge on any atom is -0.369 e. The maximum Gasteiger partial charge on any atom is 0.251 e. The second-order valence-corrected chi connectivity index (χ2v) is 10.1. The van der Waals surface area contributed by atoms with Crippen molar-refractivity contribution in [2.75, 3.05) is 20.7 Å². The fraction of sp³-hybridized carbons (Fsp3) is 0.259. The molecule has 0 atom stereocenters. The average molecular weight is 498 g/mol. The molecule has 6 rings (SSSR count). The fourth-order valence-electron chi connectivity index (χ4n) is 4.54. The molecule has 0 saturated heterocycles. The number of nitrogens with one attached hydrogen (secondary N) is 1. The summed E-state index contributed by atoms with van der Waals surface area (Å²) < 4.78 is 7.68. The summed E-state index contributed by atoms with van der Waals surface area (Å²) in [4.78, 5) is 21.4. The number of thiophene rings is 1. The summed E-state index contributed by atoms with van der Waals surface area (Å²) in [6, 6.07) is 6.73. The molecular weight excluding hydrogens is 470 g/mol. The number of aromatic amines is 1. The molecule has 5 aromatic rings. The minimum absolute atomic E-state index is 0.422. The third-order valence-electron chi connectivity index (χ3n) is 6.21. The van der Waals surface area contributed by atoms with E-state index < -0.39 is 0 Å². The Labute approximate surface area is 213 Å². The van der Waals surface area contributed by atoms with Gasteiger partial charge in [0.15, 0.2) is 0 Å². The Kier molecular flexibility index (Phi) is 5.86. The molecule has 8 nitrogen and oxygen atoms in total. The molecule has 36 heavy (non-hydrogen) atoms. The van der Waals surface area contributed by atoms with Gasteiger partial charge in [-0.3, -0.25) is 0 Å². The van der Waals surface area contributed by atoms with E-state index in [4.69, 9.17) is 9.72 Å². The second kappa shape index (κ2) is 9.33. The van der Waals surface area contributed by atoms with E-state index in [0.29, 0.717) is 19.3 Å². The molecular formula is C27H27N7OS. The molecule has 4 aromatic heterocycles.